The maximum atomic E-state index is 12.2. The number of hydrogen-bond donors (Lipinski definition) is 1. The van der Waals surface area contributed by atoms with E-state index in [1.807, 2.05) is 4.90 Å². The average molecular weight is 224 g/mol. The Morgan fingerprint density at radius 2 is 2.06 bits per heavy atom. The lowest BCUT2D eigenvalue weighted by atomic mass is 9.82. The minimum atomic E-state index is -0.156. The van der Waals surface area contributed by atoms with Gasteiger partial charge in [-0.2, -0.15) is 0 Å². The SMILES string of the molecule is CC1NC2(CC2)C(=O)N1CC(C)C(C)(C)C. The molecule has 2 aliphatic rings. The van der Waals surface area contributed by atoms with Crippen molar-refractivity contribution < 1.29 is 4.79 Å². The van der Waals surface area contributed by atoms with Crippen LogP contribution in [0, 0.1) is 11.3 Å². The number of nitrogens with one attached hydrogen (secondary N) is 1. The number of hydrogen-bond acceptors (Lipinski definition) is 2. The third-order valence-corrected chi connectivity index (χ3v) is 4.32. The van der Waals surface area contributed by atoms with Crippen molar-refractivity contribution >= 4 is 5.91 Å². The van der Waals surface area contributed by atoms with E-state index in [1.165, 1.54) is 0 Å². The Labute approximate surface area is 98.6 Å². The standard InChI is InChI=1S/C13H24N2O/c1-9(12(3,4)5)8-15-10(2)14-13(6-7-13)11(15)16/h9-10,14H,6-8H2,1-5H3. The minimum Gasteiger partial charge on any atom is -0.326 e. The number of amides is 1. The molecule has 0 bridgehead atoms. The zero-order chi connectivity index (χ0) is 12.1. The Kier molecular flexibility index (Phi) is 2.57. The van der Waals surface area contributed by atoms with E-state index in [1.54, 1.807) is 0 Å². The molecule has 92 valence electrons. The van der Waals surface area contributed by atoms with Gasteiger partial charge in [-0.25, -0.2) is 0 Å². The average Bonchev–Trinajstić information content (AvgIpc) is 2.87. The molecule has 2 rings (SSSR count). The summed E-state index contributed by atoms with van der Waals surface area (Å²) in [6, 6.07) is 0. The van der Waals surface area contributed by atoms with Crippen LogP contribution in [-0.2, 0) is 4.79 Å². The molecule has 2 atom stereocenters. The minimum absolute atomic E-state index is 0.156. The van der Waals surface area contributed by atoms with Crippen LogP contribution in [0.25, 0.3) is 0 Å². The van der Waals surface area contributed by atoms with Gasteiger partial charge in [0.1, 0.15) is 0 Å². The van der Waals surface area contributed by atoms with Crippen LogP contribution in [0.5, 0.6) is 0 Å². The maximum Gasteiger partial charge on any atom is 0.244 e. The summed E-state index contributed by atoms with van der Waals surface area (Å²) >= 11 is 0. The van der Waals surface area contributed by atoms with Gasteiger partial charge in [0, 0.05) is 6.54 Å². The highest BCUT2D eigenvalue weighted by Gasteiger charge is 2.58. The molecule has 1 amide bonds. The normalized spacial score (nSPS) is 29.9. The monoisotopic (exact) mass is 224 g/mol. The van der Waals surface area contributed by atoms with E-state index in [9.17, 15) is 4.79 Å². The first kappa shape index (κ1) is 11.9. The van der Waals surface area contributed by atoms with Crippen molar-refractivity contribution in [1.29, 1.82) is 0 Å². The second-order valence-corrected chi connectivity index (χ2v) is 6.63. The Hall–Kier alpha value is -0.570. The predicted octanol–water partition coefficient (Wildman–Crippen LogP) is 1.98. The Balaban J connectivity index is 2.03. The van der Waals surface area contributed by atoms with Gasteiger partial charge < -0.3 is 4.90 Å². The molecular weight excluding hydrogens is 200 g/mol. The van der Waals surface area contributed by atoms with Crippen LogP contribution in [0.3, 0.4) is 0 Å². The highest BCUT2D eigenvalue weighted by molar-refractivity contribution is 5.91. The molecule has 1 spiro atoms. The third-order valence-electron chi connectivity index (χ3n) is 4.32. The first-order valence-corrected chi connectivity index (χ1v) is 6.35. The van der Waals surface area contributed by atoms with Crippen LogP contribution >= 0.6 is 0 Å². The van der Waals surface area contributed by atoms with Crippen molar-refractivity contribution in [2.24, 2.45) is 11.3 Å². The second kappa shape index (κ2) is 3.46. The van der Waals surface area contributed by atoms with Crippen LogP contribution in [0.4, 0.5) is 0 Å². The van der Waals surface area contributed by atoms with Gasteiger partial charge in [0.25, 0.3) is 0 Å². The lowest BCUT2D eigenvalue weighted by Crippen LogP contribution is -2.40. The summed E-state index contributed by atoms with van der Waals surface area (Å²) in [6.45, 7) is 11.9. The molecule has 1 heterocycles. The van der Waals surface area contributed by atoms with E-state index >= 15 is 0 Å². The Bertz CT molecular complexity index is 302. The van der Waals surface area contributed by atoms with Crippen LogP contribution in [0.2, 0.25) is 0 Å². The molecule has 0 aromatic heterocycles. The zero-order valence-corrected chi connectivity index (χ0v) is 11.1. The van der Waals surface area contributed by atoms with Gasteiger partial charge in [-0.05, 0) is 31.1 Å². The van der Waals surface area contributed by atoms with Crippen molar-refractivity contribution in [2.45, 2.75) is 59.2 Å². The molecule has 1 aliphatic heterocycles. The summed E-state index contributed by atoms with van der Waals surface area (Å²) in [6.07, 6.45) is 2.26. The largest absolute Gasteiger partial charge is 0.326 e. The van der Waals surface area contributed by atoms with Gasteiger partial charge in [-0.3, -0.25) is 10.1 Å². The zero-order valence-electron chi connectivity index (χ0n) is 11.1. The fourth-order valence-electron chi connectivity index (χ4n) is 2.28. The first-order chi connectivity index (χ1) is 7.26. The van der Waals surface area contributed by atoms with Gasteiger partial charge >= 0.3 is 0 Å². The highest BCUT2D eigenvalue weighted by Crippen LogP contribution is 2.42. The molecule has 2 fully saturated rings. The van der Waals surface area contributed by atoms with Gasteiger partial charge in [-0.15, -0.1) is 0 Å². The molecule has 3 heteroatoms. The van der Waals surface area contributed by atoms with E-state index in [0.717, 1.165) is 19.4 Å². The van der Waals surface area contributed by atoms with Gasteiger partial charge in [0.2, 0.25) is 5.91 Å². The predicted molar refractivity (Wildman–Crippen MR) is 64.9 cm³/mol. The van der Waals surface area contributed by atoms with Crippen molar-refractivity contribution in [3.05, 3.63) is 0 Å². The van der Waals surface area contributed by atoms with E-state index in [4.69, 9.17) is 0 Å². The number of nitrogens with zero attached hydrogens (tertiary/aromatic N) is 1. The molecule has 1 saturated carbocycles. The Morgan fingerprint density at radius 1 is 1.50 bits per heavy atom. The quantitative estimate of drug-likeness (QED) is 0.778. The first-order valence-electron chi connectivity index (χ1n) is 6.35. The second-order valence-electron chi connectivity index (χ2n) is 6.63. The molecule has 3 nitrogen and oxygen atoms in total. The lowest BCUT2D eigenvalue weighted by Gasteiger charge is -2.32. The Morgan fingerprint density at radius 3 is 2.44 bits per heavy atom. The van der Waals surface area contributed by atoms with Crippen molar-refractivity contribution in [3.8, 4) is 0 Å². The topological polar surface area (TPSA) is 32.3 Å². The molecule has 0 aromatic carbocycles. The van der Waals surface area contributed by atoms with Crippen LogP contribution in [0.15, 0.2) is 0 Å². The van der Waals surface area contributed by atoms with Gasteiger partial charge in [0.05, 0.1) is 11.7 Å². The van der Waals surface area contributed by atoms with E-state index in [-0.39, 0.29) is 17.1 Å². The molecule has 0 radical (unpaired) electrons. The summed E-state index contributed by atoms with van der Waals surface area (Å²) in [5, 5.41) is 3.44. The maximum absolute atomic E-state index is 12.2. The number of rotatable bonds is 2. The van der Waals surface area contributed by atoms with Crippen LogP contribution in [0.1, 0.15) is 47.5 Å². The van der Waals surface area contributed by atoms with E-state index in [2.05, 4.69) is 39.9 Å². The van der Waals surface area contributed by atoms with Crippen LogP contribution < -0.4 is 5.32 Å². The van der Waals surface area contributed by atoms with E-state index in [0.29, 0.717) is 11.8 Å². The molecule has 1 aliphatic carbocycles. The summed E-state index contributed by atoms with van der Waals surface area (Å²) in [5.74, 6) is 0.852. The van der Waals surface area contributed by atoms with Gasteiger partial charge in [-0.1, -0.05) is 27.7 Å². The summed E-state index contributed by atoms with van der Waals surface area (Å²) in [7, 11) is 0. The molecule has 2 unspecified atom stereocenters. The molecule has 16 heavy (non-hydrogen) atoms. The number of carbonyl (C=O) groups excluding carboxylic acids is 1. The fourth-order valence-corrected chi connectivity index (χ4v) is 2.28. The van der Waals surface area contributed by atoms with Crippen molar-refractivity contribution in [2.75, 3.05) is 6.54 Å². The summed E-state index contributed by atoms with van der Waals surface area (Å²) in [4.78, 5) is 14.3. The van der Waals surface area contributed by atoms with Crippen molar-refractivity contribution in [3.63, 3.8) is 0 Å². The lowest BCUT2D eigenvalue weighted by molar-refractivity contribution is -0.131. The van der Waals surface area contributed by atoms with Gasteiger partial charge in [0.15, 0.2) is 0 Å². The third kappa shape index (κ3) is 1.86. The van der Waals surface area contributed by atoms with E-state index < -0.39 is 0 Å². The fraction of sp³-hybridized carbons (Fsp3) is 0.923. The molecule has 1 saturated heterocycles. The summed E-state index contributed by atoms with van der Waals surface area (Å²) < 4.78 is 0. The number of carbonyl (C=O) groups is 1. The molecular formula is C13H24N2O. The molecule has 1 N–H and O–H groups in total. The summed E-state index contributed by atoms with van der Waals surface area (Å²) in [5.41, 5.74) is 0.107. The van der Waals surface area contributed by atoms with Crippen LogP contribution in [-0.4, -0.2) is 29.1 Å². The molecule has 0 aromatic rings. The highest BCUT2D eigenvalue weighted by atomic mass is 16.2. The smallest absolute Gasteiger partial charge is 0.244 e. The van der Waals surface area contributed by atoms with Crippen molar-refractivity contribution in [1.82, 2.24) is 10.2 Å².